The van der Waals surface area contributed by atoms with Crippen LogP contribution >= 0.6 is 11.3 Å². The number of hydrogen-bond acceptors (Lipinski definition) is 6. The number of sulfone groups is 1. The molecule has 0 bridgehead atoms. The van der Waals surface area contributed by atoms with Gasteiger partial charge in [-0.25, -0.2) is 8.42 Å². The lowest BCUT2D eigenvalue weighted by molar-refractivity contribution is 0.530. The Morgan fingerprint density at radius 1 is 1.29 bits per heavy atom. The van der Waals surface area contributed by atoms with E-state index in [2.05, 4.69) is 22.4 Å². The lowest BCUT2D eigenvalue weighted by atomic mass is 10.2. The Balaban J connectivity index is 2.91. The fraction of sp³-hybridized carbons (Fsp3) is 0.800. The summed E-state index contributed by atoms with van der Waals surface area (Å²) in [7, 11) is -3.10. The summed E-state index contributed by atoms with van der Waals surface area (Å²) in [5, 5.41) is 12.2. The van der Waals surface area contributed by atoms with Gasteiger partial charge in [-0.2, -0.15) is 0 Å². The predicted octanol–water partition coefficient (Wildman–Crippen LogP) is 1.70. The molecule has 0 aliphatic carbocycles. The quantitative estimate of drug-likeness (QED) is 0.857. The maximum absolute atomic E-state index is 11.4. The maximum Gasteiger partial charge on any atom is 0.156 e. The molecule has 0 radical (unpaired) electrons. The SMILES string of the molecule is CCNC(CC)c1nnc(C(C)S(C)(=O)=O)s1. The van der Waals surface area contributed by atoms with Crippen LogP contribution in [0.3, 0.4) is 0 Å². The average Bonchev–Trinajstić information content (AvgIpc) is 2.72. The normalized spacial score (nSPS) is 15.8. The van der Waals surface area contributed by atoms with Gasteiger partial charge in [0.05, 0.1) is 6.04 Å². The van der Waals surface area contributed by atoms with Crippen LogP contribution in [0.4, 0.5) is 0 Å². The van der Waals surface area contributed by atoms with E-state index in [0.717, 1.165) is 18.0 Å². The lowest BCUT2D eigenvalue weighted by Gasteiger charge is -2.11. The van der Waals surface area contributed by atoms with Crippen LogP contribution < -0.4 is 5.32 Å². The second-order valence-corrected chi connectivity index (χ2v) is 7.38. The predicted molar refractivity (Wildman–Crippen MR) is 69.9 cm³/mol. The molecule has 0 spiro atoms. The Morgan fingerprint density at radius 2 is 1.88 bits per heavy atom. The summed E-state index contributed by atoms with van der Waals surface area (Å²) in [5.41, 5.74) is 0. The summed E-state index contributed by atoms with van der Waals surface area (Å²) in [6.45, 7) is 6.60. The van der Waals surface area contributed by atoms with Gasteiger partial charge in [-0.05, 0) is 19.9 Å². The molecule has 2 atom stereocenters. The lowest BCUT2D eigenvalue weighted by Crippen LogP contribution is -2.19. The molecule has 0 aromatic carbocycles. The van der Waals surface area contributed by atoms with E-state index < -0.39 is 15.1 Å². The number of rotatable bonds is 6. The van der Waals surface area contributed by atoms with E-state index in [4.69, 9.17) is 0 Å². The highest BCUT2D eigenvalue weighted by Crippen LogP contribution is 2.28. The molecule has 1 aromatic rings. The summed E-state index contributed by atoms with van der Waals surface area (Å²) >= 11 is 1.38. The highest BCUT2D eigenvalue weighted by atomic mass is 32.2. The van der Waals surface area contributed by atoms with Crippen LogP contribution in [0.1, 0.15) is 48.5 Å². The number of aromatic nitrogens is 2. The van der Waals surface area contributed by atoms with Crippen molar-refractivity contribution >= 4 is 21.2 Å². The first-order valence-corrected chi connectivity index (χ1v) is 8.42. The topological polar surface area (TPSA) is 72.0 Å². The van der Waals surface area contributed by atoms with Crippen molar-refractivity contribution in [3.8, 4) is 0 Å². The van der Waals surface area contributed by atoms with E-state index >= 15 is 0 Å². The van der Waals surface area contributed by atoms with Crippen molar-refractivity contribution in [3.63, 3.8) is 0 Å². The van der Waals surface area contributed by atoms with Gasteiger partial charge in [0.2, 0.25) is 0 Å². The summed E-state index contributed by atoms with van der Waals surface area (Å²) in [5.74, 6) is 0. The molecule has 0 amide bonds. The molecule has 0 saturated carbocycles. The molecule has 98 valence electrons. The monoisotopic (exact) mass is 277 g/mol. The van der Waals surface area contributed by atoms with Gasteiger partial charge in [-0.15, -0.1) is 10.2 Å². The van der Waals surface area contributed by atoms with E-state index in [1.54, 1.807) is 6.92 Å². The molecular weight excluding hydrogens is 258 g/mol. The van der Waals surface area contributed by atoms with Gasteiger partial charge in [-0.1, -0.05) is 25.2 Å². The highest BCUT2D eigenvalue weighted by Gasteiger charge is 2.23. The van der Waals surface area contributed by atoms with Crippen molar-refractivity contribution in [3.05, 3.63) is 10.0 Å². The first kappa shape index (κ1) is 14.5. The van der Waals surface area contributed by atoms with Crippen LogP contribution in [-0.2, 0) is 9.84 Å². The Morgan fingerprint density at radius 3 is 2.35 bits per heavy atom. The minimum atomic E-state index is -3.10. The zero-order valence-corrected chi connectivity index (χ0v) is 12.2. The minimum absolute atomic E-state index is 0.165. The molecule has 7 heteroatoms. The number of hydrogen-bond donors (Lipinski definition) is 1. The van der Waals surface area contributed by atoms with Gasteiger partial charge in [0, 0.05) is 6.26 Å². The molecule has 2 unspecified atom stereocenters. The zero-order valence-electron chi connectivity index (χ0n) is 10.6. The minimum Gasteiger partial charge on any atom is -0.308 e. The molecule has 1 N–H and O–H groups in total. The molecule has 0 aliphatic heterocycles. The van der Waals surface area contributed by atoms with Crippen LogP contribution in [0.5, 0.6) is 0 Å². The van der Waals surface area contributed by atoms with E-state index in [0.29, 0.717) is 5.01 Å². The number of nitrogens with zero attached hydrogens (tertiary/aromatic N) is 2. The van der Waals surface area contributed by atoms with Crippen molar-refractivity contribution in [1.82, 2.24) is 15.5 Å². The molecule has 0 saturated heterocycles. The molecule has 17 heavy (non-hydrogen) atoms. The van der Waals surface area contributed by atoms with Gasteiger partial charge in [0.25, 0.3) is 0 Å². The first-order valence-electron chi connectivity index (χ1n) is 5.65. The first-order chi connectivity index (χ1) is 7.90. The average molecular weight is 277 g/mol. The molecule has 1 aromatic heterocycles. The molecule has 0 aliphatic rings. The smallest absolute Gasteiger partial charge is 0.156 e. The van der Waals surface area contributed by atoms with E-state index in [1.807, 2.05) is 6.92 Å². The third kappa shape index (κ3) is 3.72. The number of nitrogens with one attached hydrogen (secondary N) is 1. The maximum atomic E-state index is 11.4. The summed E-state index contributed by atoms with van der Waals surface area (Å²) < 4.78 is 22.9. The van der Waals surface area contributed by atoms with Gasteiger partial charge >= 0.3 is 0 Å². The largest absolute Gasteiger partial charge is 0.308 e. The van der Waals surface area contributed by atoms with Crippen LogP contribution in [0, 0.1) is 0 Å². The summed E-state index contributed by atoms with van der Waals surface area (Å²) in [4.78, 5) is 0. The van der Waals surface area contributed by atoms with Crippen molar-refractivity contribution in [2.45, 2.75) is 38.5 Å². The third-order valence-electron chi connectivity index (χ3n) is 2.60. The van der Waals surface area contributed by atoms with Crippen LogP contribution in [-0.4, -0.2) is 31.4 Å². The summed E-state index contributed by atoms with van der Waals surface area (Å²) in [6.07, 6.45) is 2.13. The third-order valence-corrected chi connectivity index (χ3v) is 5.48. The zero-order chi connectivity index (χ0) is 13.1. The van der Waals surface area contributed by atoms with E-state index in [1.165, 1.54) is 17.6 Å². The Hall–Kier alpha value is -0.530. The summed E-state index contributed by atoms with van der Waals surface area (Å²) in [6, 6.07) is 0.165. The fourth-order valence-electron chi connectivity index (χ4n) is 1.39. The van der Waals surface area contributed by atoms with Crippen LogP contribution in [0.15, 0.2) is 0 Å². The van der Waals surface area contributed by atoms with E-state index in [9.17, 15) is 8.42 Å². The second kappa shape index (κ2) is 5.88. The highest BCUT2D eigenvalue weighted by molar-refractivity contribution is 7.91. The Bertz CT molecular complexity index is 456. The molecule has 0 fully saturated rings. The second-order valence-electron chi connectivity index (χ2n) is 3.97. The molecular formula is C10H19N3O2S2. The van der Waals surface area contributed by atoms with Crippen LogP contribution in [0.25, 0.3) is 0 Å². The Labute approximate surface area is 107 Å². The Kier molecular flexibility index (Phi) is 5.03. The standard InChI is InChI=1S/C10H19N3O2S2/c1-5-8(11-6-2)10-13-12-9(16-10)7(3)17(4,14)15/h7-8,11H,5-6H2,1-4H3. The van der Waals surface area contributed by atoms with Gasteiger partial charge in [-0.3, -0.25) is 0 Å². The van der Waals surface area contributed by atoms with Gasteiger partial charge in [0.15, 0.2) is 9.84 Å². The van der Waals surface area contributed by atoms with Crippen molar-refractivity contribution in [2.24, 2.45) is 0 Å². The molecule has 5 nitrogen and oxygen atoms in total. The molecule has 1 heterocycles. The van der Waals surface area contributed by atoms with Crippen molar-refractivity contribution in [1.29, 1.82) is 0 Å². The van der Waals surface area contributed by atoms with Gasteiger partial charge in [0.1, 0.15) is 15.3 Å². The van der Waals surface area contributed by atoms with Crippen LogP contribution in [0.2, 0.25) is 0 Å². The van der Waals surface area contributed by atoms with E-state index in [-0.39, 0.29) is 6.04 Å². The van der Waals surface area contributed by atoms with Crippen molar-refractivity contribution < 1.29 is 8.42 Å². The molecule has 1 rings (SSSR count). The fourth-order valence-corrected chi connectivity index (χ4v) is 3.41. The van der Waals surface area contributed by atoms with Crippen molar-refractivity contribution in [2.75, 3.05) is 12.8 Å². The van der Waals surface area contributed by atoms with Gasteiger partial charge < -0.3 is 5.32 Å².